The summed E-state index contributed by atoms with van der Waals surface area (Å²) in [5.41, 5.74) is 0. The van der Waals surface area contributed by atoms with Crippen LogP contribution in [0.5, 0.6) is 0 Å². The quantitative estimate of drug-likeness (QED) is 0.401. The molecule has 1 heterocycles. The lowest BCUT2D eigenvalue weighted by molar-refractivity contribution is -0.127. The Morgan fingerprint density at radius 2 is 2.00 bits per heavy atom. The van der Waals surface area contributed by atoms with E-state index in [0.717, 1.165) is 18.3 Å². The molecule has 1 aromatic heterocycles. The summed E-state index contributed by atoms with van der Waals surface area (Å²) in [5, 5.41) is 3.46. The van der Waals surface area contributed by atoms with Gasteiger partial charge in [-0.15, -0.1) is 24.0 Å². The van der Waals surface area contributed by atoms with Crippen LogP contribution in [-0.2, 0) is 11.3 Å². The standard InChI is InChI=1S/C18H30N4O2.HI/c1-21(2)17(23)13-20-18(19-12-15-8-5-4-6-9-15)22(3)14-16-10-7-11-24-16;/h7,10-11,15H,4-6,8-9,12-14H2,1-3H3,(H,19,20);1H. The number of likely N-dealkylation sites (N-methyl/N-ethyl adjacent to an activating group) is 1. The highest BCUT2D eigenvalue weighted by Crippen LogP contribution is 2.22. The monoisotopic (exact) mass is 462 g/mol. The van der Waals surface area contributed by atoms with E-state index in [2.05, 4.69) is 10.3 Å². The van der Waals surface area contributed by atoms with Crippen molar-refractivity contribution in [3.8, 4) is 0 Å². The van der Waals surface area contributed by atoms with E-state index in [4.69, 9.17) is 4.42 Å². The highest BCUT2D eigenvalue weighted by atomic mass is 127. The van der Waals surface area contributed by atoms with Gasteiger partial charge in [0.2, 0.25) is 5.91 Å². The molecule has 0 aliphatic heterocycles. The van der Waals surface area contributed by atoms with Crippen molar-refractivity contribution in [1.29, 1.82) is 0 Å². The molecule has 1 saturated carbocycles. The molecule has 142 valence electrons. The van der Waals surface area contributed by atoms with Gasteiger partial charge in [-0.25, -0.2) is 4.99 Å². The van der Waals surface area contributed by atoms with Crippen LogP contribution >= 0.6 is 24.0 Å². The van der Waals surface area contributed by atoms with Gasteiger partial charge < -0.3 is 19.5 Å². The molecule has 1 aliphatic rings. The van der Waals surface area contributed by atoms with Crippen LogP contribution in [0.1, 0.15) is 37.9 Å². The van der Waals surface area contributed by atoms with Gasteiger partial charge in [-0.3, -0.25) is 4.79 Å². The second-order valence-corrected chi connectivity index (χ2v) is 6.75. The number of carbonyl (C=O) groups excluding carboxylic acids is 1. The molecule has 1 aromatic rings. The Morgan fingerprint density at radius 1 is 1.28 bits per heavy atom. The number of aliphatic imine (C=N–C) groups is 1. The van der Waals surface area contributed by atoms with Gasteiger partial charge in [-0.2, -0.15) is 0 Å². The summed E-state index contributed by atoms with van der Waals surface area (Å²) >= 11 is 0. The zero-order valence-corrected chi connectivity index (χ0v) is 17.9. The Labute approximate surface area is 168 Å². The van der Waals surface area contributed by atoms with Crippen LogP contribution in [-0.4, -0.2) is 55.9 Å². The summed E-state index contributed by atoms with van der Waals surface area (Å²) in [7, 11) is 5.47. The molecule has 1 aliphatic carbocycles. The third-order valence-corrected chi connectivity index (χ3v) is 4.47. The fourth-order valence-corrected chi connectivity index (χ4v) is 2.93. The van der Waals surface area contributed by atoms with Crippen LogP contribution < -0.4 is 5.32 Å². The number of guanidine groups is 1. The van der Waals surface area contributed by atoms with E-state index in [1.165, 1.54) is 32.1 Å². The Balaban J connectivity index is 0.00000312. The lowest BCUT2D eigenvalue weighted by atomic mass is 9.89. The van der Waals surface area contributed by atoms with Crippen LogP contribution in [0.2, 0.25) is 0 Å². The van der Waals surface area contributed by atoms with Crippen LogP contribution in [0.25, 0.3) is 0 Å². The predicted molar refractivity (Wildman–Crippen MR) is 111 cm³/mol. The minimum absolute atomic E-state index is 0. The van der Waals surface area contributed by atoms with Gasteiger partial charge in [0, 0.05) is 27.7 Å². The third kappa shape index (κ3) is 7.66. The number of carbonyl (C=O) groups is 1. The van der Waals surface area contributed by atoms with E-state index in [0.29, 0.717) is 12.5 Å². The number of nitrogens with zero attached hydrogens (tertiary/aromatic N) is 3. The van der Waals surface area contributed by atoms with Gasteiger partial charge in [0.05, 0.1) is 12.8 Å². The fraction of sp³-hybridized carbons (Fsp3) is 0.667. The van der Waals surface area contributed by atoms with Gasteiger partial charge in [0.25, 0.3) is 0 Å². The normalized spacial score (nSPS) is 15.4. The second kappa shape index (κ2) is 11.4. The lowest BCUT2D eigenvalue weighted by Crippen LogP contribution is -2.41. The molecule has 2 rings (SSSR count). The number of rotatable bonds is 6. The topological polar surface area (TPSA) is 61.1 Å². The maximum atomic E-state index is 11.8. The van der Waals surface area contributed by atoms with Crippen LogP contribution in [0, 0.1) is 5.92 Å². The Hall–Kier alpha value is -1.25. The second-order valence-electron chi connectivity index (χ2n) is 6.75. The molecule has 0 aromatic carbocycles. The van der Waals surface area contributed by atoms with Crippen LogP contribution in [0.15, 0.2) is 27.8 Å². The van der Waals surface area contributed by atoms with Crippen molar-refractivity contribution in [3.63, 3.8) is 0 Å². The van der Waals surface area contributed by atoms with Crippen molar-refractivity contribution in [3.05, 3.63) is 24.2 Å². The number of furan rings is 1. The molecule has 0 atom stereocenters. The summed E-state index contributed by atoms with van der Waals surface area (Å²) in [6.45, 7) is 1.69. The highest BCUT2D eigenvalue weighted by molar-refractivity contribution is 14.0. The Bertz CT molecular complexity index is 525. The Kier molecular flexibility index (Phi) is 9.92. The van der Waals surface area contributed by atoms with Crippen molar-refractivity contribution < 1.29 is 9.21 Å². The van der Waals surface area contributed by atoms with E-state index in [-0.39, 0.29) is 36.4 Å². The van der Waals surface area contributed by atoms with Crippen LogP contribution in [0.4, 0.5) is 0 Å². The molecule has 1 amide bonds. The summed E-state index contributed by atoms with van der Waals surface area (Å²) in [6, 6.07) is 3.82. The average Bonchev–Trinajstić information content (AvgIpc) is 3.08. The molecule has 0 saturated heterocycles. The number of amides is 1. The van der Waals surface area contributed by atoms with Gasteiger partial charge in [0.1, 0.15) is 12.3 Å². The fourth-order valence-electron chi connectivity index (χ4n) is 2.93. The molecule has 0 spiro atoms. The molecule has 1 fully saturated rings. The molecular formula is C18H31IN4O2. The maximum absolute atomic E-state index is 11.8. The maximum Gasteiger partial charge on any atom is 0.243 e. The van der Waals surface area contributed by atoms with Gasteiger partial charge >= 0.3 is 0 Å². The summed E-state index contributed by atoms with van der Waals surface area (Å²) < 4.78 is 5.41. The number of nitrogens with one attached hydrogen (secondary N) is 1. The van der Waals surface area contributed by atoms with E-state index < -0.39 is 0 Å². The van der Waals surface area contributed by atoms with E-state index in [1.807, 2.05) is 24.1 Å². The summed E-state index contributed by atoms with van der Waals surface area (Å²) in [6.07, 6.45) is 8.22. The molecular weight excluding hydrogens is 431 g/mol. The van der Waals surface area contributed by atoms with Crippen molar-refractivity contribution in [1.82, 2.24) is 15.1 Å². The number of halogens is 1. The smallest absolute Gasteiger partial charge is 0.243 e. The van der Waals surface area contributed by atoms with E-state index in [1.54, 1.807) is 25.3 Å². The molecule has 1 N–H and O–H groups in total. The first-order chi connectivity index (χ1) is 11.6. The zero-order chi connectivity index (χ0) is 17.4. The average molecular weight is 462 g/mol. The van der Waals surface area contributed by atoms with Crippen LogP contribution in [0.3, 0.4) is 0 Å². The zero-order valence-electron chi connectivity index (χ0n) is 15.5. The molecule has 0 unspecified atom stereocenters. The minimum atomic E-state index is -0.00151. The van der Waals surface area contributed by atoms with Crippen molar-refractivity contribution >= 4 is 35.8 Å². The Morgan fingerprint density at radius 3 is 2.60 bits per heavy atom. The molecule has 25 heavy (non-hydrogen) atoms. The summed E-state index contributed by atoms with van der Waals surface area (Å²) in [5.74, 6) is 2.33. The van der Waals surface area contributed by atoms with Crippen molar-refractivity contribution in [2.45, 2.75) is 38.6 Å². The van der Waals surface area contributed by atoms with E-state index >= 15 is 0 Å². The van der Waals surface area contributed by atoms with Crippen molar-refractivity contribution in [2.75, 3.05) is 34.2 Å². The SMILES string of the molecule is CN(C)C(=O)CN=C(NCC1CCCCC1)N(C)Cc1ccco1.I. The van der Waals surface area contributed by atoms with Crippen molar-refractivity contribution in [2.24, 2.45) is 10.9 Å². The molecule has 6 nitrogen and oxygen atoms in total. The first-order valence-corrected chi connectivity index (χ1v) is 8.78. The largest absolute Gasteiger partial charge is 0.467 e. The van der Waals surface area contributed by atoms with E-state index in [9.17, 15) is 4.79 Å². The van der Waals surface area contributed by atoms with Gasteiger partial charge in [-0.1, -0.05) is 19.3 Å². The molecule has 0 bridgehead atoms. The van der Waals surface area contributed by atoms with Gasteiger partial charge in [0.15, 0.2) is 5.96 Å². The lowest BCUT2D eigenvalue weighted by Gasteiger charge is -2.26. The van der Waals surface area contributed by atoms with Gasteiger partial charge in [-0.05, 0) is 30.9 Å². The summed E-state index contributed by atoms with van der Waals surface area (Å²) in [4.78, 5) is 19.9. The predicted octanol–water partition coefficient (Wildman–Crippen LogP) is 2.94. The molecule has 0 radical (unpaired) electrons. The minimum Gasteiger partial charge on any atom is -0.467 e. The highest BCUT2D eigenvalue weighted by Gasteiger charge is 2.16. The number of hydrogen-bond donors (Lipinski definition) is 1. The molecule has 7 heteroatoms. The third-order valence-electron chi connectivity index (χ3n) is 4.47. The number of hydrogen-bond acceptors (Lipinski definition) is 3. The first-order valence-electron chi connectivity index (χ1n) is 8.78. The first kappa shape index (κ1) is 21.8.